The van der Waals surface area contributed by atoms with E-state index in [2.05, 4.69) is 31.7 Å². The molecule has 0 amide bonds. The Labute approximate surface area is 145 Å². The number of benzene rings is 1. The molecular formula is C18H29Cl2NO. The van der Waals surface area contributed by atoms with Crippen LogP contribution in [0.5, 0.6) is 5.75 Å². The Hall–Kier alpha value is -0.440. The topological polar surface area (TPSA) is 23.5 Å². The molecule has 4 heteroatoms. The van der Waals surface area contributed by atoms with Crippen molar-refractivity contribution in [3.63, 3.8) is 0 Å². The fraction of sp³-hybridized carbons (Fsp3) is 0.667. The van der Waals surface area contributed by atoms with E-state index < -0.39 is 0 Å². The normalized spacial score (nSPS) is 15.1. The monoisotopic (exact) mass is 345 g/mol. The van der Waals surface area contributed by atoms with Gasteiger partial charge >= 0.3 is 0 Å². The number of nitrogens with zero attached hydrogens (tertiary/aromatic N) is 1. The number of hydrogen-bond acceptors (Lipinski definition) is 2. The lowest BCUT2D eigenvalue weighted by molar-refractivity contribution is 0.266. The first kappa shape index (κ1) is 19.6. The molecule has 0 saturated carbocycles. The lowest BCUT2D eigenvalue weighted by Crippen LogP contribution is -2.33. The molecule has 0 unspecified atom stereocenters. The Morgan fingerprint density at radius 1 is 1.14 bits per heavy atom. The molecule has 0 aliphatic rings. The van der Waals surface area contributed by atoms with Crippen molar-refractivity contribution < 1.29 is 5.11 Å². The molecule has 1 N–H and O–H groups in total. The molecule has 0 spiro atoms. The standard InChI is InChI=1S/C18H29Cl2NO/c1-6-18(4,5)16-7-8-17(22)15(9-16)12-21(10-13(2)19)11-14(3)20/h7-9,13-14,22H,6,10-12H2,1-5H3/t13-,14-/m0/s1. The van der Waals surface area contributed by atoms with E-state index in [0.717, 1.165) is 25.1 Å². The summed E-state index contributed by atoms with van der Waals surface area (Å²) in [7, 11) is 0. The maximum Gasteiger partial charge on any atom is 0.120 e. The van der Waals surface area contributed by atoms with Crippen LogP contribution < -0.4 is 0 Å². The van der Waals surface area contributed by atoms with Crippen molar-refractivity contribution in [3.05, 3.63) is 29.3 Å². The van der Waals surface area contributed by atoms with E-state index in [0.29, 0.717) is 12.3 Å². The molecule has 126 valence electrons. The van der Waals surface area contributed by atoms with Gasteiger partial charge in [-0.25, -0.2) is 0 Å². The lowest BCUT2D eigenvalue weighted by atomic mass is 9.81. The first-order chi connectivity index (χ1) is 10.2. The zero-order valence-corrected chi connectivity index (χ0v) is 15.9. The molecule has 0 aliphatic carbocycles. The summed E-state index contributed by atoms with van der Waals surface area (Å²) in [6, 6.07) is 5.93. The Bertz CT molecular complexity index is 462. The summed E-state index contributed by atoms with van der Waals surface area (Å²) in [5, 5.41) is 10.3. The summed E-state index contributed by atoms with van der Waals surface area (Å²) >= 11 is 12.3. The largest absolute Gasteiger partial charge is 0.508 e. The third-order valence-electron chi connectivity index (χ3n) is 4.16. The number of alkyl halides is 2. The van der Waals surface area contributed by atoms with Gasteiger partial charge in [0.25, 0.3) is 0 Å². The molecule has 0 heterocycles. The maximum atomic E-state index is 10.2. The van der Waals surface area contributed by atoms with E-state index in [1.807, 2.05) is 19.9 Å². The van der Waals surface area contributed by atoms with Gasteiger partial charge in [-0.3, -0.25) is 4.90 Å². The minimum absolute atomic E-state index is 0.0489. The van der Waals surface area contributed by atoms with Crippen LogP contribution in [0.15, 0.2) is 18.2 Å². The van der Waals surface area contributed by atoms with E-state index in [-0.39, 0.29) is 16.2 Å². The van der Waals surface area contributed by atoms with Crippen molar-refractivity contribution in [3.8, 4) is 5.75 Å². The van der Waals surface area contributed by atoms with Crippen LogP contribution in [0.4, 0.5) is 0 Å². The Morgan fingerprint density at radius 3 is 2.14 bits per heavy atom. The molecule has 2 atom stereocenters. The highest BCUT2D eigenvalue weighted by atomic mass is 35.5. The number of phenols is 1. The van der Waals surface area contributed by atoms with Gasteiger partial charge in [0, 0.05) is 36.0 Å². The van der Waals surface area contributed by atoms with Gasteiger partial charge in [-0.05, 0) is 37.3 Å². The van der Waals surface area contributed by atoms with Crippen LogP contribution in [0.2, 0.25) is 0 Å². The van der Waals surface area contributed by atoms with Crippen LogP contribution in [0.3, 0.4) is 0 Å². The molecule has 0 fully saturated rings. The van der Waals surface area contributed by atoms with E-state index in [9.17, 15) is 5.11 Å². The highest BCUT2D eigenvalue weighted by Crippen LogP contribution is 2.31. The van der Waals surface area contributed by atoms with Gasteiger partial charge in [0.05, 0.1) is 0 Å². The van der Waals surface area contributed by atoms with E-state index in [4.69, 9.17) is 23.2 Å². The van der Waals surface area contributed by atoms with Gasteiger partial charge in [0.2, 0.25) is 0 Å². The zero-order chi connectivity index (χ0) is 16.9. The quantitative estimate of drug-likeness (QED) is 0.659. The molecule has 2 nitrogen and oxygen atoms in total. The minimum atomic E-state index is 0.0489. The predicted molar refractivity (Wildman–Crippen MR) is 97.3 cm³/mol. The number of hydrogen-bond donors (Lipinski definition) is 1. The van der Waals surface area contributed by atoms with Gasteiger partial charge in [-0.1, -0.05) is 32.9 Å². The molecule has 1 aromatic carbocycles. The smallest absolute Gasteiger partial charge is 0.120 e. The van der Waals surface area contributed by atoms with Crippen molar-refractivity contribution in [2.45, 2.75) is 63.8 Å². The second-order valence-corrected chi connectivity index (χ2v) is 8.33. The number of rotatable bonds is 8. The van der Waals surface area contributed by atoms with Crippen molar-refractivity contribution in [1.29, 1.82) is 0 Å². The number of phenolic OH excluding ortho intramolecular Hbond substituents is 1. The molecule has 0 aromatic heterocycles. The highest BCUT2D eigenvalue weighted by Gasteiger charge is 2.20. The van der Waals surface area contributed by atoms with Crippen molar-refractivity contribution in [2.24, 2.45) is 0 Å². The summed E-state index contributed by atoms with van der Waals surface area (Å²) in [4.78, 5) is 2.20. The predicted octanol–water partition coefficient (Wildman–Crippen LogP) is 5.14. The van der Waals surface area contributed by atoms with E-state index in [1.54, 1.807) is 6.07 Å². The highest BCUT2D eigenvalue weighted by molar-refractivity contribution is 6.21. The molecule has 1 rings (SSSR count). The summed E-state index contributed by atoms with van der Waals surface area (Å²) in [5.41, 5.74) is 2.29. The number of aromatic hydroxyl groups is 1. The Balaban J connectivity index is 3.00. The second-order valence-electron chi connectivity index (χ2n) is 6.84. The minimum Gasteiger partial charge on any atom is -0.508 e. The van der Waals surface area contributed by atoms with Gasteiger partial charge < -0.3 is 5.11 Å². The van der Waals surface area contributed by atoms with Crippen molar-refractivity contribution in [1.82, 2.24) is 4.90 Å². The molecule has 0 aliphatic heterocycles. The molecule has 22 heavy (non-hydrogen) atoms. The SMILES string of the molecule is CCC(C)(C)c1ccc(O)c(CN(C[C@H](C)Cl)C[C@H](C)Cl)c1. The summed E-state index contributed by atoms with van der Waals surface area (Å²) < 4.78 is 0. The first-order valence-corrected chi connectivity index (χ1v) is 8.86. The molecular weight excluding hydrogens is 317 g/mol. The maximum absolute atomic E-state index is 10.2. The average Bonchev–Trinajstić information content (AvgIpc) is 2.39. The first-order valence-electron chi connectivity index (χ1n) is 7.98. The van der Waals surface area contributed by atoms with Gasteiger partial charge in [-0.15, -0.1) is 23.2 Å². The lowest BCUT2D eigenvalue weighted by Gasteiger charge is -2.27. The number of halogens is 2. The molecule has 0 radical (unpaired) electrons. The van der Waals surface area contributed by atoms with Crippen molar-refractivity contribution >= 4 is 23.2 Å². The Kier molecular flexibility index (Phi) is 7.51. The second kappa shape index (κ2) is 8.42. The summed E-state index contributed by atoms with van der Waals surface area (Å²) in [6.07, 6.45) is 1.05. The van der Waals surface area contributed by atoms with Crippen LogP contribution in [0.25, 0.3) is 0 Å². The molecule has 0 saturated heterocycles. The third kappa shape index (κ3) is 5.98. The van der Waals surface area contributed by atoms with Gasteiger partial charge in [-0.2, -0.15) is 0 Å². The van der Waals surface area contributed by atoms with E-state index >= 15 is 0 Å². The van der Waals surface area contributed by atoms with Gasteiger partial charge in [0.1, 0.15) is 5.75 Å². The Morgan fingerprint density at radius 2 is 1.68 bits per heavy atom. The van der Waals surface area contributed by atoms with Crippen LogP contribution in [-0.4, -0.2) is 33.9 Å². The molecule has 0 bridgehead atoms. The van der Waals surface area contributed by atoms with Crippen LogP contribution in [0, 0.1) is 0 Å². The zero-order valence-electron chi connectivity index (χ0n) is 14.4. The van der Waals surface area contributed by atoms with Crippen LogP contribution >= 0.6 is 23.2 Å². The van der Waals surface area contributed by atoms with Crippen molar-refractivity contribution in [2.75, 3.05) is 13.1 Å². The third-order valence-corrected chi connectivity index (χ3v) is 4.43. The van der Waals surface area contributed by atoms with Gasteiger partial charge in [0.15, 0.2) is 0 Å². The van der Waals surface area contributed by atoms with Crippen LogP contribution in [-0.2, 0) is 12.0 Å². The summed E-state index contributed by atoms with van der Waals surface area (Å²) in [6.45, 7) is 12.7. The van der Waals surface area contributed by atoms with E-state index in [1.165, 1.54) is 5.56 Å². The average molecular weight is 346 g/mol. The van der Waals surface area contributed by atoms with Crippen LogP contribution in [0.1, 0.15) is 52.2 Å². The molecule has 1 aromatic rings. The fourth-order valence-electron chi connectivity index (χ4n) is 2.49. The fourth-order valence-corrected chi connectivity index (χ4v) is 2.88. The summed E-state index contributed by atoms with van der Waals surface area (Å²) in [5.74, 6) is 0.338.